The molecule has 2 aromatic carbocycles. The molecule has 0 saturated carbocycles. The summed E-state index contributed by atoms with van der Waals surface area (Å²) in [6.45, 7) is 3.50. The number of hydrogen-bond donors (Lipinski definition) is 1. The van der Waals surface area contributed by atoms with Crippen molar-refractivity contribution in [2.45, 2.75) is 37.5 Å². The predicted octanol–water partition coefficient (Wildman–Crippen LogP) is 3.37. The number of carbonyl (C=O) groups excluding carboxylic acids is 1. The average Bonchev–Trinajstić information content (AvgIpc) is 3.02. The smallest absolute Gasteiger partial charge is 0.251 e. The van der Waals surface area contributed by atoms with Gasteiger partial charge in [-0.3, -0.25) is 4.79 Å². The van der Waals surface area contributed by atoms with Crippen LogP contribution in [0.1, 0.15) is 41.6 Å². The number of amides is 1. The van der Waals surface area contributed by atoms with E-state index in [0.717, 1.165) is 31.4 Å². The number of rotatable bonds is 7. The maximum Gasteiger partial charge on any atom is 0.251 e. The van der Waals surface area contributed by atoms with E-state index in [1.165, 1.54) is 6.07 Å². The van der Waals surface area contributed by atoms with Crippen molar-refractivity contribution in [2.24, 2.45) is 0 Å². The van der Waals surface area contributed by atoms with Crippen molar-refractivity contribution in [3.8, 4) is 5.75 Å². The molecule has 1 fully saturated rings. The number of nitrogens with one attached hydrogen (secondary N) is 1. The Balaban J connectivity index is 1.65. The van der Waals surface area contributed by atoms with E-state index in [9.17, 15) is 13.2 Å². The lowest BCUT2D eigenvalue weighted by molar-refractivity contribution is 0.0946. The van der Waals surface area contributed by atoms with Gasteiger partial charge in [-0.25, -0.2) is 8.42 Å². The minimum absolute atomic E-state index is 0.215. The zero-order valence-corrected chi connectivity index (χ0v) is 17.6. The van der Waals surface area contributed by atoms with Crippen LogP contribution < -0.4 is 10.1 Å². The van der Waals surface area contributed by atoms with Crippen molar-refractivity contribution in [3.05, 3.63) is 59.7 Å². The fraction of sp³-hybridized carbons (Fsp3) is 0.409. The maximum absolute atomic E-state index is 13.1. The molecule has 1 saturated heterocycles. The molecular weight excluding hydrogens is 388 g/mol. The van der Waals surface area contributed by atoms with Gasteiger partial charge in [0.25, 0.3) is 5.91 Å². The number of benzene rings is 2. The number of ether oxygens (including phenoxy) is 1. The van der Waals surface area contributed by atoms with E-state index in [-0.39, 0.29) is 10.8 Å². The molecule has 1 aliphatic heterocycles. The molecule has 0 aromatic heterocycles. The van der Waals surface area contributed by atoms with Crippen LogP contribution in [0.2, 0.25) is 0 Å². The van der Waals surface area contributed by atoms with Gasteiger partial charge in [0.05, 0.1) is 11.4 Å². The van der Waals surface area contributed by atoms with Crippen molar-refractivity contribution in [2.75, 3.05) is 26.2 Å². The van der Waals surface area contributed by atoms with Gasteiger partial charge in [0.15, 0.2) is 0 Å². The van der Waals surface area contributed by atoms with E-state index >= 15 is 0 Å². The molecule has 1 heterocycles. The summed E-state index contributed by atoms with van der Waals surface area (Å²) in [5, 5.41) is 2.78. The molecule has 7 heteroatoms. The molecule has 0 atom stereocenters. The van der Waals surface area contributed by atoms with Crippen LogP contribution in [0, 0.1) is 6.92 Å². The number of hydrogen-bond acceptors (Lipinski definition) is 4. The van der Waals surface area contributed by atoms with Gasteiger partial charge in [-0.2, -0.15) is 4.31 Å². The first-order valence-corrected chi connectivity index (χ1v) is 11.5. The molecule has 29 heavy (non-hydrogen) atoms. The molecule has 0 radical (unpaired) electrons. The Kier molecular flexibility index (Phi) is 7.28. The molecule has 1 amide bonds. The lowest BCUT2D eigenvalue weighted by atomic mass is 10.1. The van der Waals surface area contributed by atoms with Crippen molar-refractivity contribution in [3.63, 3.8) is 0 Å². The van der Waals surface area contributed by atoms with Crippen molar-refractivity contribution in [1.29, 1.82) is 0 Å². The minimum Gasteiger partial charge on any atom is -0.492 e. The third kappa shape index (κ3) is 5.58. The molecule has 0 bridgehead atoms. The van der Waals surface area contributed by atoms with E-state index in [1.54, 1.807) is 23.4 Å². The highest BCUT2D eigenvalue weighted by Crippen LogP contribution is 2.24. The number of aryl methyl sites for hydroxylation is 1. The largest absolute Gasteiger partial charge is 0.492 e. The third-order valence-electron chi connectivity index (χ3n) is 5.03. The summed E-state index contributed by atoms with van der Waals surface area (Å²) in [4.78, 5) is 12.7. The zero-order chi connectivity index (χ0) is 20.7. The SMILES string of the molecule is Cc1ccc(C(=O)NCCOc2ccccc2)cc1S(=O)(=O)N1CCCCCC1. The summed E-state index contributed by atoms with van der Waals surface area (Å²) < 4.78 is 33.4. The second-order valence-electron chi connectivity index (χ2n) is 7.22. The molecule has 3 rings (SSSR count). The zero-order valence-electron chi connectivity index (χ0n) is 16.8. The molecule has 1 N–H and O–H groups in total. The highest BCUT2D eigenvalue weighted by atomic mass is 32.2. The number of carbonyl (C=O) groups is 1. The first-order chi connectivity index (χ1) is 14.0. The second kappa shape index (κ2) is 9.89. The van der Waals surface area contributed by atoms with E-state index < -0.39 is 10.0 Å². The molecule has 0 unspecified atom stereocenters. The van der Waals surface area contributed by atoms with Gasteiger partial charge < -0.3 is 10.1 Å². The number of nitrogens with zero attached hydrogens (tertiary/aromatic N) is 1. The van der Waals surface area contributed by atoms with Crippen molar-refractivity contribution in [1.82, 2.24) is 9.62 Å². The minimum atomic E-state index is -3.60. The summed E-state index contributed by atoms with van der Waals surface area (Å²) in [7, 11) is -3.60. The fourth-order valence-electron chi connectivity index (χ4n) is 3.39. The monoisotopic (exact) mass is 416 g/mol. The molecule has 0 spiro atoms. The first kappa shape index (κ1) is 21.3. The van der Waals surface area contributed by atoms with Crippen molar-refractivity contribution >= 4 is 15.9 Å². The molecule has 1 aliphatic rings. The maximum atomic E-state index is 13.1. The lowest BCUT2D eigenvalue weighted by Gasteiger charge is -2.21. The van der Waals surface area contributed by atoms with Crippen LogP contribution in [0.3, 0.4) is 0 Å². The molecule has 156 valence electrons. The van der Waals surface area contributed by atoms with Gasteiger partial charge in [-0.05, 0) is 49.6 Å². The Hall–Kier alpha value is -2.38. The summed E-state index contributed by atoms with van der Waals surface area (Å²) in [5.74, 6) is 0.428. The van der Waals surface area contributed by atoms with Gasteiger partial charge >= 0.3 is 0 Å². The Morgan fingerprint density at radius 1 is 1.03 bits per heavy atom. The van der Waals surface area contributed by atoms with Crippen LogP contribution in [0.25, 0.3) is 0 Å². The van der Waals surface area contributed by atoms with Crippen LogP contribution in [0.15, 0.2) is 53.4 Å². The number of para-hydroxylation sites is 1. The first-order valence-electron chi connectivity index (χ1n) is 10.1. The Morgan fingerprint density at radius 2 is 1.72 bits per heavy atom. The summed E-state index contributed by atoms with van der Waals surface area (Å²) >= 11 is 0. The molecule has 2 aromatic rings. The standard InChI is InChI=1S/C22H28N2O4S/c1-18-11-12-19(22(25)23-13-16-28-20-9-5-4-6-10-20)17-21(18)29(26,27)24-14-7-2-3-8-15-24/h4-6,9-12,17H,2-3,7-8,13-16H2,1H3,(H,23,25). The van der Waals surface area contributed by atoms with E-state index in [2.05, 4.69) is 5.32 Å². The molecular formula is C22H28N2O4S. The van der Waals surface area contributed by atoms with Gasteiger partial charge in [-0.1, -0.05) is 37.1 Å². The Labute approximate surface area is 172 Å². The predicted molar refractivity (Wildman–Crippen MR) is 113 cm³/mol. The van der Waals surface area contributed by atoms with Crippen LogP contribution in [0.5, 0.6) is 5.75 Å². The van der Waals surface area contributed by atoms with Gasteiger partial charge in [0, 0.05) is 18.7 Å². The summed E-state index contributed by atoms with van der Waals surface area (Å²) in [6.07, 6.45) is 3.86. The number of sulfonamides is 1. The van der Waals surface area contributed by atoms with Crippen LogP contribution >= 0.6 is 0 Å². The Bertz CT molecular complexity index is 921. The van der Waals surface area contributed by atoms with Crippen LogP contribution in [0.4, 0.5) is 0 Å². The van der Waals surface area contributed by atoms with Crippen LogP contribution in [-0.4, -0.2) is 44.9 Å². The highest BCUT2D eigenvalue weighted by Gasteiger charge is 2.27. The highest BCUT2D eigenvalue weighted by molar-refractivity contribution is 7.89. The normalized spacial score (nSPS) is 15.5. The van der Waals surface area contributed by atoms with Crippen LogP contribution in [-0.2, 0) is 10.0 Å². The average molecular weight is 417 g/mol. The summed E-state index contributed by atoms with van der Waals surface area (Å²) in [5.41, 5.74) is 0.988. The topological polar surface area (TPSA) is 75.7 Å². The van der Waals surface area contributed by atoms with Gasteiger partial charge in [0.2, 0.25) is 10.0 Å². The molecule has 6 nitrogen and oxygen atoms in total. The van der Waals surface area contributed by atoms with Gasteiger partial charge in [-0.15, -0.1) is 0 Å². The quantitative estimate of drug-likeness (QED) is 0.702. The Morgan fingerprint density at radius 3 is 2.41 bits per heavy atom. The van der Waals surface area contributed by atoms with E-state index in [0.29, 0.717) is 37.4 Å². The second-order valence-corrected chi connectivity index (χ2v) is 9.12. The summed E-state index contributed by atoms with van der Waals surface area (Å²) in [6, 6.07) is 14.2. The van der Waals surface area contributed by atoms with E-state index in [1.807, 2.05) is 30.3 Å². The molecule has 0 aliphatic carbocycles. The fourth-order valence-corrected chi connectivity index (χ4v) is 5.16. The third-order valence-corrected chi connectivity index (χ3v) is 7.07. The van der Waals surface area contributed by atoms with E-state index in [4.69, 9.17) is 4.74 Å². The van der Waals surface area contributed by atoms with Crippen molar-refractivity contribution < 1.29 is 17.9 Å². The lowest BCUT2D eigenvalue weighted by Crippen LogP contribution is -2.33. The van der Waals surface area contributed by atoms with Gasteiger partial charge in [0.1, 0.15) is 12.4 Å².